The number of aromatic carboxylic acids is 1. The number of ether oxygens (including phenoxy) is 1. The van der Waals surface area contributed by atoms with Gasteiger partial charge in [0.2, 0.25) is 11.7 Å². The molecule has 0 aliphatic rings. The van der Waals surface area contributed by atoms with Gasteiger partial charge in [-0.05, 0) is 46.0 Å². The van der Waals surface area contributed by atoms with Crippen molar-refractivity contribution in [3.05, 3.63) is 107 Å². The molecule has 9 nitrogen and oxygen atoms in total. The van der Waals surface area contributed by atoms with Gasteiger partial charge >= 0.3 is 5.97 Å². The molecule has 0 unspecified atom stereocenters. The quantitative estimate of drug-likeness (QED) is 0.221. The Morgan fingerprint density at radius 2 is 1.73 bits per heavy atom. The maximum absolute atomic E-state index is 11.5. The predicted octanol–water partition coefficient (Wildman–Crippen LogP) is 5.71. The fourth-order valence-corrected chi connectivity index (χ4v) is 4.61. The van der Waals surface area contributed by atoms with Crippen LogP contribution in [-0.2, 0) is 25.9 Å². The first-order valence-corrected chi connectivity index (χ1v) is 13.3. The zero-order valence-corrected chi connectivity index (χ0v) is 22.5. The van der Waals surface area contributed by atoms with Crippen molar-refractivity contribution < 1.29 is 14.6 Å². The Kier molecular flexibility index (Phi) is 8.20. The number of rotatable bonds is 11. The fraction of sp³-hybridized carbons (Fsp3) is 0.226. The van der Waals surface area contributed by atoms with E-state index in [1.807, 2.05) is 49.4 Å². The van der Waals surface area contributed by atoms with Gasteiger partial charge in [0.15, 0.2) is 0 Å². The summed E-state index contributed by atoms with van der Waals surface area (Å²) in [5, 5.41) is 23.9. The van der Waals surface area contributed by atoms with Crippen LogP contribution in [-0.4, -0.2) is 41.7 Å². The third-order valence-corrected chi connectivity index (χ3v) is 6.61. The van der Waals surface area contributed by atoms with Crippen molar-refractivity contribution in [3.8, 4) is 28.4 Å². The molecule has 5 aromatic rings. The lowest BCUT2D eigenvalue weighted by atomic mass is 9.98. The van der Waals surface area contributed by atoms with Crippen LogP contribution in [0.4, 0.5) is 0 Å². The number of carboxylic acids is 1. The molecule has 0 spiro atoms. The minimum atomic E-state index is -0.951. The minimum Gasteiger partial charge on any atom is -0.478 e. The van der Waals surface area contributed by atoms with Crippen LogP contribution in [0.1, 0.15) is 58.8 Å². The first kappa shape index (κ1) is 26.7. The molecule has 202 valence electrons. The fourth-order valence-electron chi connectivity index (χ4n) is 4.61. The molecule has 0 saturated heterocycles. The molecule has 0 aliphatic carbocycles. The molecule has 2 aromatic heterocycles. The van der Waals surface area contributed by atoms with E-state index in [1.165, 1.54) is 0 Å². The van der Waals surface area contributed by atoms with Crippen LogP contribution in [0.2, 0.25) is 0 Å². The lowest BCUT2D eigenvalue weighted by molar-refractivity contribution is 0.0696. The highest BCUT2D eigenvalue weighted by molar-refractivity contribution is 5.87. The summed E-state index contributed by atoms with van der Waals surface area (Å²) < 4.78 is 6.33. The van der Waals surface area contributed by atoms with Gasteiger partial charge in [0, 0.05) is 24.0 Å². The summed E-state index contributed by atoms with van der Waals surface area (Å²) >= 11 is 0. The van der Waals surface area contributed by atoms with Gasteiger partial charge in [0.05, 0.1) is 11.3 Å². The van der Waals surface area contributed by atoms with Crippen LogP contribution < -0.4 is 4.74 Å². The molecule has 0 amide bonds. The van der Waals surface area contributed by atoms with Gasteiger partial charge in [-0.15, -0.1) is 10.2 Å². The van der Waals surface area contributed by atoms with Crippen LogP contribution in [0.15, 0.2) is 72.8 Å². The van der Waals surface area contributed by atoms with Gasteiger partial charge in [-0.3, -0.25) is 0 Å². The molecule has 0 bridgehead atoms. The Balaban J connectivity index is 1.41. The Labute approximate surface area is 232 Å². The van der Waals surface area contributed by atoms with Crippen molar-refractivity contribution in [1.82, 2.24) is 30.6 Å². The van der Waals surface area contributed by atoms with Crippen LogP contribution in [0.5, 0.6) is 5.88 Å². The Morgan fingerprint density at radius 3 is 2.42 bits per heavy atom. The van der Waals surface area contributed by atoms with E-state index in [2.05, 4.69) is 39.7 Å². The second-order valence-corrected chi connectivity index (χ2v) is 9.42. The van der Waals surface area contributed by atoms with Crippen LogP contribution >= 0.6 is 0 Å². The number of hydrogen-bond donors (Lipinski definition) is 2. The predicted molar refractivity (Wildman–Crippen MR) is 151 cm³/mol. The SMILES string of the molecule is CCCc1nc(CC)nc(OCc2ccc(-c3ccccc3-c3nn[nH]n3)cc2)c1Cc1cccc(C(=O)O)c1. The van der Waals surface area contributed by atoms with E-state index in [0.29, 0.717) is 31.2 Å². The van der Waals surface area contributed by atoms with Gasteiger partial charge in [-0.1, -0.05) is 80.9 Å². The summed E-state index contributed by atoms with van der Waals surface area (Å²) in [6, 6.07) is 23.1. The summed E-state index contributed by atoms with van der Waals surface area (Å²) in [7, 11) is 0. The molecule has 9 heteroatoms. The zero-order valence-electron chi connectivity index (χ0n) is 22.5. The van der Waals surface area contributed by atoms with Crippen molar-refractivity contribution in [3.63, 3.8) is 0 Å². The van der Waals surface area contributed by atoms with E-state index in [4.69, 9.17) is 14.7 Å². The smallest absolute Gasteiger partial charge is 0.335 e. The van der Waals surface area contributed by atoms with Crippen LogP contribution in [0, 0.1) is 0 Å². The highest BCUT2D eigenvalue weighted by atomic mass is 16.5. The molecule has 2 heterocycles. The van der Waals surface area contributed by atoms with Crippen molar-refractivity contribution in [2.45, 2.75) is 46.1 Å². The lowest BCUT2D eigenvalue weighted by Crippen LogP contribution is -2.10. The molecule has 3 aromatic carbocycles. The Bertz CT molecular complexity index is 1600. The number of hydrogen-bond acceptors (Lipinski definition) is 7. The maximum atomic E-state index is 11.5. The lowest BCUT2D eigenvalue weighted by Gasteiger charge is -2.16. The van der Waals surface area contributed by atoms with E-state index in [-0.39, 0.29) is 5.56 Å². The average Bonchev–Trinajstić information content (AvgIpc) is 3.53. The van der Waals surface area contributed by atoms with Crippen molar-refractivity contribution in [2.75, 3.05) is 0 Å². The molecular weight excluding hydrogens is 504 g/mol. The van der Waals surface area contributed by atoms with Gasteiger partial charge in [0.1, 0.15) is 12.4 Å². The number of aryl methyl sites for hydroxylation is 2. The van der Waals surface area contributed by atoms with E-state index < -0.39 is 5.97 Å². The molecule has 0 aliphatic heterocycles. The highest BCUT2D eigenvalue weighted by Gasteiger charge is 2.17. The number of H-pyrrole nitrogens is 1. The second-order valence-electron chi connectivity index (χ2n) is 9.42. The largest absolute Gasteiger partial charge is 0.478 e. The number of carboxylic acid groups (broad SMARTS) is 1. The average molecular weight is 535 g/mol. The number of tetrazole rings is 1. The highest BCUT2D eigenvalue weighted by Crippen LogP contribution is 2.30. The second kappa shape index (κ2) is 12.3. The number of aromatic nitrogens is 6. The Hall–Kier alpha value is -4.92. The summed E-state index contributed by atoms with van der Waals surface area (Å²) in [6.45, 7) is 4.47. The van der Waals surface area contributed by atoms with Crippen LogP contribution in [0.3, 0.4) is 0 Å². The minimum absolute atomic E-state index is 0.254. The third-order valence-electron chi connectivity index (χ3n) is 6.61. The number of aromatic amines is 1. The summed E-state index contributed by atoms with van der Waals surface area (Å²) in [6.07, 6.45) is 2.89. The topological polar surface area (TPSA) is 127 Å². The van der Waals surface area contributed by atoms with Crippen molar-refractivity contribution >= 4 is 5.97 Å². The number of benzene rings is 3. The van der Waals surface area contributed by atoms with E-state index in [1.54, 1.807) is 18.2 Å². The normalized spacial score (nSPS) is 10.9. The third kappa shape index (κ3) is 6.04. The molecule has 5 rings (SSSR count). The van der Waals surface area contributed by atoms with Crippen LogP contribution in [0.25, 0.3) is 22.5 Å². The summed E-state index contributed by atoms with van der Waals surface area (Å²) in [4.78, 5) is 21.1. The molecular formula is C31H30N6O3. The van der Waals surface area contributed by atoms with E-state index in [0.717, 1.165) is 57.7 Å². The molecule has 40 heavy (non-hydrogen) atoms. The number of carbonyl (C=O) groups is 1. The monoisotopic (exact) mass is 534 g/mol. The number of nitrogens with zero attached hydrogens (tertiary/aromatic N) is 5. The molecule has 0 fully saturated rings. The zero-order chi connectivity index (χ0) is 27.9. The molecule has 0 saturated carbocycles. The molecule has 2 N–H and O–H groups in total. The van der Waals surface area contributed by atoms with Crippen molar-refractivity contribution in [2.24, 2.45) is 0 Å². The molecule has 0 atom stereocenters. The van der Waals surface area contributed by atoms with Crippen molar-refractivity contribution in [1.29, 1.82) is 0 Å². The molecule has 0 radical (unpaired) electrons. The first-order valence-electron chi connectivity index (χ1n) is 13.3. The maximum Gasteiger partial charge on any atom is 0.335 e. The van der Waals surface area contributed by atoms with Gasteiger partial charge < -0.3 is 9.84 Å². The number of nitrogens with one attached hydrogen (secondary N) is 1. The van der Waals surface area contributed by atoms with Gasteiger partial charge in [-0.25, -0.2) is 9.78 Å². The van der Waals surface area contributed by atoms with Gasteiger partial charge in [0.25, 0.3) is 0 Å². The Morgan fingerprint density at radius 1 is 0.925 bits per heavy atom. The van der Waals surface area contributed by atoms with Gasteiger partial charge in [-0.2, -0.15) is 10.2 Å². The first-order chi connectivity index (χ1) is 19.6. The van der Waals surface area contributed by atoms with E-state index in [9.17, 15) is 9.90 Å². The summed E-state index contributed by atoms with van der Waals surface area (Å²) in [5.74, 6) is 0.869. The van der Waals surface area contributed by atoms with E-state index >= 15 is 0 Å². The standard InChI is InChI=1S/C31H30N6O3/c1-3-8-27-26(18-21-9-7-10-23(17-21)31(38)39)30(33-28(4-2)32-27)40-19-20-13-15-22(16-14-20)24-11-5-6-12-25(24)29-34-36-37-35-29/h5-7,9-17H,3-4,8,18-19H2,1-2H3,(H,38,39)(H,34,35,36,37). The summed E-state index contributed by atoms with van der Waals surface area (Å²) in [5.41, 5.74) is 6.90.